The van der Waals surface area contributed by atoms with Crippen LogP contribution in [0.4, 0.5) is 0 Å². The minimum Gasteiger partial charge on any atom is -0.313 e. The van der Waals surface area contributed by atoms with Crippen LogP contribution >= 0.6 is 11.8 Å². The molecule has 0 aliphatic rings. The minimum atomic E-state index is 0.723. The van der Waals surface area contributed by atoms with E-state index in [1.807, 2.05) is 0 Å². The Morgan fingerprint density at radius 1 is 0.933 bits per heavy atom. The summed E-state index contributed by atoms with van der Waals surface area (Å²) in [5.74, 6) is 4.23. The SMILES string of the molecule is CCNC(CCC(C)C)CSCC(C)C. The largest absolute Gasteiger partial charge is 0.313 e. The molecule has 0 saturated heterocycles. The maximum Gasteiger partial charge on any atom is 0.0158 e. The van der Waals surface area contributed by atoms with Crippen molar-refractivity contribution in [2.24, 2.45) is 11.8 Å². The molecule has 0 heterocycles. The first-order valence-electron chi connectivity index (χ1n) is 6.37. The van der Waals surface area contributed by atoms with Crippen molar-refractivity contribution in [1.29, 1.82) is 0 Å². The van der Waals surface area contributed by atoms with Gasteiger partial charge in [0.1, 0.15) is 0 Å². The average Bonchev–Trinajstić information content (AvgIpc) is 2.13. The predicted octanol–water partition coefficient (Wildman–Crippen LogP) is 3.79. The van der Waals surface area contributed by atoms with Gasteiger partial charge in [-0.15, -0.1) is 0 Å². The van der Waals surface area contributed by atoms with E-state index in [-0.39, 0.29) is 0 Å². The summed E-state index contributed by atoms with van der Waals surface area (Å²) in [6, 6.07) is 0.723. The summed E-state index contributed by atoms with van der Waals surface area (Å²) < 4.78 is 0. The van der Waals surface area contributed by atoms with E-state index in [9.17, 15) is 0 Å². The normalized spacial score (nSPS) is 13.8. The molecule has 0 aromatic rings. The molecule has 0 bridgehead atoms. The second-order valence-electron chi connectivity index (χ2n) is 5.16. The van der Waals surface area contributed by atoms with Gasteiger partial charge >= 0.3 is 0 Å². The van der Waals surface area contributed by atoms with E-state index < -0.39 is 0 Å². The Labute approximate surface area is 101 Å². The molecule has 1 nitrogen and oxygen atoms in total. The molecule has 0 aromatic heterocycles. The lowest BCUT2D eigenvalue weighted by Crippen LogP contribution is -2.31. The molecule has 1 N–H and O–H groups in total. The van der Waals surface area contributed by atoms with E-state index in [1.54, 1.807) is 0 Å². The Bertz CT molecular complexity index is 134. The van der Waals surface area contributed by atoms with Gasteiger partial charge in [0.15, 0.2) is 0 Å². The van der Waals surface area contributed by atoms with Crippen molar-refractivity contribution < 1.29 is 0 Å². The highest BCUT2D eigenvalue weighted by Gasteiger charge is 2.08. The van der Waals surface area contributed by atoms with Crippen LogP contribution in [0.3, 0.4) is 0 Å². The lowest BCUT2D eigenvalue weighted by atomic mass is 10.0. The van der Waals surface area contributed by atoms with Crippen LogP contribution in [0.2, 0.25) is 0 Å². The standard InChI is InChI=1S/C13H29NS/c1-6-14-13(8-7-11(2)3)10-15-9-12(4)5/h11-14H,6-10H2,1-5H3. The van der Waals surface area contributed by atoms with Gasteiger partial charge in [-0.2, -0.15) is 11.8 Å². The van der Waals surface area contributed by atoms with E-state index in [2.05, 4.69) is 51.7 Å². The molecule has 15 heavy (non-hydrogen) atoms. The molecule has 0 rings (SSSR count). The van der Waals surface area contributed by atoms with Crippen LogP contribution in [0.15, 0.2) is 0 Å². The number of hydrogen-bond donors (Lipinski definition) is 1. The van der Waals surface area contributed by atoms with E-state index in [1.165, 1.54) is 24.3 Å². The van der Waals surface area contributed by atoms with Gasteiger partial charge in [0.2, 0.25) is 0 Å². The zero-order valence-electron chi connectivity index (χ0n) is 11.2. The summed E-state index contributed by atoms with van der Waals surface area (Å²) in [4.78, 5) is 0. The number of thioether (sulfide) groups is 1. The third kappa shape index (κ3) is 10.6. The molecule has 0 spiro atoms. The number of hydrogen-bond acceptors (Lipinski definition) is 2. The second kappa shape index (κ2) is 9.53. The Morgan fingerprint density at radius 2 is 1.60 bits per heavy atom. The summed E-state index contributed by atoms with van der Waals surface area (Å²) >= 11 is 2.10. The van der Waals surface area contributed by atoms with Crippen molar-refractivity contribution in [2.75, 3.05) is 18.1 Å². The fourth-order valence-corrected chi connectivity index (χ4v) is 2.69. The first-order chi connectivity index (χ1) is 7.06. The minimum absolute atomic E-state index is 0.723. The third-order valence-electron chi connectivity index (χ3n) is 2.36. The van der Waals surface area contributed by atoms with Gasteiger partial charge in [-0.25, -0.2) is 0 Å². The quantitative estimate of drug-likeness (QED) is 0.648. The van der Waals surface area contributed by atoms with Crippen molar-refractivity contribution in [3.8, 4) is 0 Å². The fraction of sp³-hybridized carbons (Fsp3) is 1.00. The van der Waals surface area contributed by atoms with Crippen molar-refractivity contribution >= 4 is 11.8 Å². The first-order valence-corrected chi connectivity index (χ1v) is 7.52. The van der Waals surface area contributed by atoms with Crippen LogP contribution in [0.25, 0.3) is 0 Å². The zero-order valence-corrected chi connectivity index (χ0v) is 12.0. The molecule has 2 heteroatoms. The van der Waals surface area contributed by atoms with Crippen LogP contribution in [0.5, 0.6) is 0 Å². The Morgan fingerprint density at radius 3 is 2.07 bits per heavy atom. The van der Waals surface area contributed by atoms with E-state index >= 15 is 0 Å². The first kappa shape index (κ1) is 15.3. The van der Waals surface area contributed by atoms with Crippen LogP contribution in [-0.2, 0) is 0 Å². The molecule has 0 aliphatic carbocycles. The summed E-state index contributed by atoms with van der Waals surface area (Å²) in [7, 11) is 0. The van der Waals surface area contributed by atoms with Crippen molar-refractivity contribution in [2.45, 2.75) is 53.5 Å². The molecule has 92 valence electrons. The highest BCUT2D eigenvalue weighted by atomic mass is 32.2. The van der Waals surface area contributed by atoms with Crippen LogP contribution in [0.1, 0.15) is 47.5 Å². The lowest BCUT2D eigenvalue weighted by Gasteiger charge is -2.19. The zero-order chi connectivity index (χ0) is 11.7. The van der Waals surface area contributed by atoms with Gasteiger partial charge in [-0.05, 0) is 37.0 Å². The smallest absolute Gasteiger partial charge is 0.0158 e. The Balaban J connectivity index is 3.62. The summed E-state index contributed by atoms with van der Waals surface area (Å²) in [6.45, 7) is 12.5. The van der Waals surface area contributed by atoms with Gasteiger partial charge in [0.25, 0.3) is 0 Å². The Hall–Kier alpha value is 0.310. The lowest BCUT2D eigenvalue weighted by molar-refractivity contribution is 0.463. The van der Waals surface area contributed by atoms with Crippen LogP contribution in [-0.4, -0.2) is 24.1 Å². The van der Waals surface area contributed by atoms with Gasteiger partial charge in [0.05, 0.1) is 0 Å². The second-order valence-corrected chi connectivity index (χ2v) is 6.23. The van der Waals surface area contributed by atoms with E-state index in [0.29, 0.717) is 0 Å². The van der Waals surface area contributed by atoms with Gasteiger partial charge < -0.3 is 5.32 Å². The van der Waals surface area contributed by atoms with Crippen molar-refractivity contribution in [1.82, 2.24) is 5.32 Å². The van der Waals surface area contributed by atoms with E-state index in [4.69, 9.17) is 0 Å². The predicted molar refractivity (Wildman–Crippen MR) is 73.7 cm³/mol. The van der Waals surface area contributed by atoms with Gasteiger partial charge in [0, 0.05) is 11.8 Å². The summed E-state index contributed by atoms with van der Waals surface area (Å²) in [5, 5.41) is 3.59. The Kier molecular flexibility index (Phi) is 9.73. The molecular weight excluding hydrogens is 202 g/mol. The maximum absolute atomic E-state index is 3.59. The van der Waals surface area contributed by atoms with E-state index in [0.717, 1.165) is 24.4 Å². The molecular formula is C13H29NS. The average molecular weight is 231 g/mol. The van der Waals surface area contributed by atoms with Crippen LogP contribution in [0, 0.1) is 11.8 Å². The molecule has 1 atom stereocenters. The summed E-state index contributed by atoms with van der Waals surface area (Å²) in [5.41, 5.74) is 0. The summed E-state index contributed by atoms with van der Waals surface area (Å²) in [6.07, 6.45) is 2.68. The highest BCUT2D eigenvalue weighted by molar-refractivity contribution is 7.99. The number of nitrogens with one attached hydrogen (secondary N) is 1. The monoisotopic (exact) mass is 231 g/mol. The molecule has 0 radical (unpaired) electrons. The molecule has 1 unspecified atom stereocenters. The number of rotatable bonds is 9. The fourth-order valence-electron chi connectivity index (χ4n) is 1.51. The molecule has 0 aromatic carbocycles. The van der Waals surface area contributed by atoms with Crippen molar-refractivity contribution in [3.63, 3.8) is 0 Å². The van der Waals surface area contributed by atoms with Crippen LogP contribution < -0.4 is 5.32 Å². The molecule has 0 fully saturated rings. The topological polar surface area (TPSA) is 12.0 Å². The van der Waals surface area contributed by atoms with Gasteiger partial charge in [-0.3, -0.25) is 0 Å². The van der Waals surface area contributed by atoms with Gasteiger partial charge in [-0.1, -0.05) is 34.6 Å². The molecule has 0 amide bonds. The maximum atomic E-state index is 3.59. The third-order valence-corrected chi connectivity index (χ3v) is 3.90. The van der Waals surface area contributed by atoms with Crippen molar-refractivity contribution in [3.05, 3.63) is 0 Å². The highest BCUT2D eigenvalue weighted by Crippen LogP contribution is 2.14. The molecule has 0 saturated carbocycles. The molecule has 0 aliphatic heterocycles.